The number of benzene rings is 2. The number of carbonyl (C=O) groups is 1. The molecule has 25 heavy (non-hydrogen) atoms. The molecule has 0 aliphatic heterocycles. The Labute approximate surface area is 152 Å². The molecule has 0 fully saturated rings. The van der Waals surface area contributed by atoms with Crippen LogP contribution in [-0.4, -0.2) is 27.0 Å². The van der Waals surface area contributed by atoms with E-state index in [-0.39, 0.29) is 11.7 Å². The Balaban J connectivity index is 1.58. The summed E-state index contributed by atoms with van der Waals surface area (Å²) in [5.74, 6) is -0.206. The lowest BCUT2D eigenvalue weighted by atomic mass is 10.2. The summed E-state index contributed by atoms with van der Waals surface area (Å²) in [6, 6.07) is 16.0. The van der Waals surface area contributed by atoms with Gasteiger partial charge in [0.1, 0.15) is 5.75 Å². The topological polar surface area (TPSA) is 79.5 Å². The highest BCUT2D eigenvalue weighted by Crippen LogP contribution is 2.11. The highest BCUT2D eigenvalue weighted by atomic mass is 79.9. The molecule has 3 aromatic rings. The van der Waals surface area contributed by atoms with Crippen LogP contribution >= 0.6 is 15.9 Å². The second kappa shape index (κ2) is 7.76. The van der Waals surface area contributed by atoms with E-state index in [1.165, 1.54) is 6.21 Å². The number of hydrogen-bond donors (Lipinski definition) is 2. The summed E-state index contributed by atoms with van der Waals surface area (Å²) in [4.78, 5) is 12.1. The number of halogens is 1. The largest absolute Gasteiger partial charge is 0.508 e. The lowest BCUT2D eigenvalue weighted by Crippen LogP contribution is -2.18. The van der Waals surface area contributed by atoms with Crippen LogP contribution in [0.25, 0.3) is 0 Å². The lowest BCUT2D eigenvalue weighted by molar-refractivity contribution is 0.0949. The third-order valence-electron chi connectivity index (χ3n) is 3.40. The first-order valence-electron chi connectivity index (χ1n) is 7.50. The first-order chi connectivity index (χ1) is 12.1. The van der Waals surface area contributed by atoms with E-state index in [0.717, 1.165) is 15.6 Å². The number of nitrogens with zero attached hydrogens (tertiary/aromatic N) is 3. The van der Waals surface area contributed by atoms with Gasteiger partial charge in [-0.05, 0) is 53.6 Å². The monoisotopic (exact) mass is 398 g/mol. The zero-order valence-corrected chi connectivity index (χ0v) is 14.7. The molecule has 1 aromatic heterocycles. The molecular weight excluding hydrogens is 384 g/mol. The van der Waals surface area contributed by atoms with Crippen molar-refractivity contribution in [3.05, 3.63) is 82.1 Å². The maximum Gasteiger partial charge on any atom is 0.291 e. The van der Waals surface area contributed by atoms with Crippen LogP contribution in [0.3, 0.4) is 0 Å². The van der Waals surface area contributed by atoms with Crippen molar-refractivity contribution in [3.63, 3.8) is 0 Å². The van der Waals surface area contributed by atoms with Crippen molar-refractivity contribution in [2.24, 2.45) is 5.10 Å². The highest BCUT2D eigenvalue weighted by molar-refractivity contribution is 9.10. The van der Waals surface area contributed by atoms with E-state index in [4.69, 9.17) is 0 Å². The minimum absolute atomic E-state index is 0.178. The van der Waals surface area contributed by atoms with Gasteiger partial charge in [-0.15, -0.1) is 0 Å². The Morgan fingerprint density at radius 3 is 2.60 bits per heavy atom. The predicted molar refractivity (Wildman–Crippen MR) is 98.6 cm³/mol. The van der Waals surface area contributed by atoms with Gasteiger partial charge < -0.3 is 5.11 Å². The van der Waals surface area contributed by atoms with Gasteiger partial charge >= 0.3 is 0 Å². The van der Waals surface area contributed by atoms with Crippen LogP contribution in [-0.2, 0) is 6.54 Å². The SMILES string of the molecule is O=C(N/N=C\c1ccc(O)cc1)c1ccn(Cc2ccc(Br)cc2)n1. The molecule has 0 aliphatic rings. The maximum absolute atomic E-state index is 12.1. The van der Waals surface area contributed by atoms with Crippen LogP contribution in [0.15, 0.2) is 70.4 Å². The highest BCUT2D eigenvalue weighted by Gasteiger charge is 2.08. The number of hydrazone groups is 1. The summed E-state index contributed by atoms with van der Waals surface area (Å²) < 4.78 is 2.71. The summed E-state index contributed by atoms with van der Waals surface area (Å²) >= 11 is 3.40. The Morgan fingerprint density at radius 2 is 1.88 bits per heavy atom. The first-order valence-corrected chi connectivity index (χ1v) is 8.30. The first kappa shape index (κ1) is 16.9. The predicted octanol–water partition coefficient (Wildman–Crippen LogP) is 3.16. The fraction of sp³-hybridized carbons (Fsp3) is 0.0556. The van der Waals surface area contributed by atoms with Gasteiger partial charge in [0, 0.05) is 10.7 Å². The Hall–Kier alpha value is -2.93. The number of amides is 1. The number of carbonyl (C=O) groups excluding carboxylic acids is 1. The Kier molecular flexibility index (Phi) is 5.25. The van der Waals surface area contributed by atoms with Gasteiger partial charge in [-0.1, -0.05) is 28.1 Å². The van der Waals surface area contributed by atoms with E-state index in [0.29, 0.717) is 12.2 Å². The average Bonchev–Trinajstić information content (AvgIpc) is 3.07. The van der Waals surface area contributed by atoms with Crippen molar-refractivity contribution >= 4 is 28.1 Å². The van der Waals surface area contributed by atoms with Crippen LogP contribution in [0.2, 0.25) is 0 Å². The van der Waals surface area contributed by atoms with E-state index in [2.05, 4.69) is 31.6 Å². The number of nitrogens with one attached hydrogen (secondary N) is 1. The van der Waals surface area contributed by atoms with Crippen LogP contribution in [0.1, 0.15) is 21.6 Å². The van der Waals surface area contributed by atoms with E-state index in [9.17, 15) is 9.90 Å². The van der Waals surface area contributed by atoms with Gasteiger partial charge in [-0.2, -0.15) is 10.2 Å². The molecule has 0 saturated heterocycles. The zero-order valence-electron chi connectivity index (χ0n) is 13.1. The Morgan fingerprint density at radius 1 is 1.16 bits per heavy atom. The molecule has 0 saturated carbocycles. The number of hydrogen-bond acceptors (Lipinski definition) is 4. The lowest BCUT2D eigenvalue weighted by Gasteiger charge is -2.02. The molecule has 126 valence electrons. The second-order valence-corrected chi connectivity index (χ2v) is 6.23. The van der Waals surface area contributed by atoms with Gasteiger partial charge in [0.15, 0.2) is 5.69 Å². The molecule has 0 radical (unpaired) electrons. The van der Waals surface area contributed by atoms with Crippen molar-refractivity contribution in [1.29, 1.82) is 0 Å². The van der Waals surface area contributed by atoms with Gasteiger partial charge in [0.05, 0.1) is 12.8 Å². The molecule has 0 unspecified atom stereocenters. The summed E-state index contributed by atoms with van der Waals surface area (Å²) in [7, 11) is 0. The van der Waals surface area contributed by atoms with Crippen molar-refractivity contribution in [3.8, 4) is 5.75 Å². The van der Waals surface area contributed by atoms with Crippen LogP contribution in [0.4, 0.5) is 0 Å². The van der Waals surface area contributed by atoms with Crippen molar-refractivity contribution in [1.82, 2.24) is 15.2 Å². The van der Waals surface area contributed by atoms with Gasteiger partial charge in [-0.25, -0.2) is 5.43 Å². The summed E-state index contributed by atoms with van der Waals surface area (Å²) in [6.07, 6.45) is 3.25. The number of rotatable bonds is 5. The maximum atomic E-state index is 12.1. The molecule has 2 N–H and O–H groups in total. The molecule has 7 heteroatoms. The molecular formula is C18H15BrN4O2. The molecule has 2 aromatic carbocycles. The van der Waals surface area contributed by atoms with Gasteiger partial charge in [0.2, 0.25) is 0 Å². The molecule has 0 atom stereocenters. The third-order valence-corrected chi connectivity index (χ3v) is 3.93. The number of aromatic hydroxyl groups is 1. The quantitative estimate of drug-likeness (QED) is 0.511. The smallest absolute Gasteiger partial charge is 0.291 e. The molecule has 1 amide bonds. The average molecular weight is 399 g/mol. The van der Waals surface area contributed by atoms with Crippen molar-refractivity contribution < 1.29 is 9.90 Å². The summed E-state index contributed by atoms with van der Waals surface area (Å²) in [6.45, 7) is 0.581. The number of phenols is 1. The fourth-order valence-corrected chi connectivity index (χ4v) is 2.40. The van der Waals surface area contributed by atoms with E-state index < -0.39 is 0 Å². The standard InChI is InChI=1S/C18H15BrN4O2/c19-15-5-1-14(2-6-15)12-23-10-9-17(22-23)18(25)21-20-11-13-3-7-16(24)8-4-13/h1-11,24H,12H2,(H,21,25)/b20-11-. The summed E-state index contributed by atoms with van der Waals surface area (Å²) in [5.41, 5.74) is 4.57. The fourth-order valence-electron chi connectivity index (χ4n) is 2.13. The van der Waals surface area contributed by atoms with Gasteiger partial charge in [0.25, 0.3) is 5.91 Å². The molecule has 0 spiro atoms. The minimum atomic E-state index is -0.385. The van der Waals surface area contributed by atoms with Gasteiger partial charge in [-0.3, -0.25) is 9.48 Å². The minimum Gasteiger partial charge on any atom is -0.508 e. The molecule has 0 aliphatic carbocycles. The van der Waals surface area contributed by atoms with E-state index in [1.807, 2.05) is 24.3 Å². The van der Waals surface area contributed by atoms with Crippen molar-refractivity contribution in [2.75, 3.05) is 0 Å². The van der Waals surface area contributed by atoms with E-state index in [1.54, 1.807) is 41.2 Å². The van der Waals surface area contributed by atoms with Crippen LogP contribution in [0, 0.1) is 0 Å². The number of aromatic nitrogens is 2. The Bertz CT molecular complexity index is 886. The summed E-state index contributed by atoms with van der Waals surface area (Å²) in [5, 5.41) is 17.4. The molecule has 3 rings (SSSR count). The van der Waals surface area contributed by atoms with Crippen LogP contribution < -0.4 is 5.43 Å². The zero-order chi connectivity index (χ0) is 17.6. The van der Waals surface area contributed by atoms with E-state index >= 15 is 0 Å². The normalized spacial score (nSPS) is 10.9. The molecule has 1 heterocycles. The molecule has 6 nitrogen and oxygen atoms in total. The van der Waals surface area contributed by atoms with Crippen LogP contribution in [0.5, 0.6) is 5.75 Å². The second-order valence-electron chi connectivity index (χ2n) is 5.32. The third kappa shape index (κ3) is 4.77. The number of phenolic OH excluding ortho intramolecular Hbond substituents is 1. The molecule has 0 bridgehead atoms. The van der Waals surface area contributed by atoms with Crippen molar-refractivity contribution in [2.45, 2.75) is 6.54 Å².